The lowest BCUT2D eigenvalue weighted by Crippen LogP contribution is -2.33. The summed E-state index contributed by atoms with van der Waals surface area (Å²) >= 11 is 10.8. The molecule has 0 spiro atoms. The van der Waals surface area contributed by atoms with Gasteiger partial charge in [0.1, 0.15) is 19.2 Å². The Kier molecular flexibility index (Phi) is 4.49. The Balaban J connectivity index is 1.94. The van der Waals surface area contributed by atoms with E-state index in [9.17, 15) is 4.79 Å². The average molecular weight is 408 g/mol. The summed E-state index contributed by atoms with van der Waals surface area (Å²) in [6, 6.07) is 5.81. The molecule has 0 aliphatic carbocycles. The highest BCUT2D eigenvalue weighted by atomic mass is 35.5. The maximum atomic E-state index is 12.9. The maximum Gasteiger partial charge on any atom is 0.271 e. The molecule has 0 amide bonds. The van der Waals surface area contributed by atoms with E-state index in [1.165, 1.54) is 11.3 Å². The number of rotatable bonds is 2. The predicted octanol–water partition coefficient (Wildman–Crippen LogP) is 3.18. The topological polar surface area (TPSA) is 38.1 Å². The highest BCUT2D eigenvalue weighted by molar-refractivity contribution is 8.08. The summed E-state index contributed by atoms with van der Waals surface area (Å²) in [6.07, 6.45) is 3.75. The van der Waals surface area contributed by atoms with Gasteiger partial charge in [0.25, 0.3) is 5.56 Å². The second kappa shape index (κ2) is 6.64. The van der Waals surface area contributed by atoms with Crippen LogP contribution in [0, 0.1) is 0 Å². The molecule has 3 heterocycles. The van der Waals surface area contributed by atoms with Gasteiger partial charge in [-0.1, -0.05) is 23.4 Å². The van der Waals surface area contributed by atoms with E-state index in [0.717, 1.165) is 29.8 Å². The van der Waals surface area contributed by atoms with E-state index in [1.54, 1.807) is 33.9 Å². The monoisotopic (exact) mass is 407 g/mol. The molecule has 0 saturated heterocycles. The highest BCUT2D eigenvalue weighted by Gasteiger charge is 2.24. The van der Waals surface area contributed by atoms with Gasteiger partial charge in [0.15, 0.2) is 0 Å². The quantitative estimate of drug-likeness (QED) is 0.654. The van der Waals surface area contributed by atoms with Crippen molar-refractivity contribution in [3.63, 3.8) is 0 Å². The largest absolute Gasteiger partial charge is 0.337 e. The van der Waals surface area contributed by atoms with Gasteiger partial charge in [-0.15, -0.1) is 22.7 Å². The van der Waals surface area contributed by atoms with Crippen molar-refractivity contribution in [3.05, 3.63) is 59.4 Å². The van der Waals surface area contributed by atoms with Gasteiger partial charge in [-0.05, 0) is 25.1 Å². The zero-order chi connectivity index (χ0) is 17.6. The fraction of sp³-hybridized carbons (Fsp3) is 0.176. The smallest absolute Gasteiger partial charge is 0.271 e. The van der Waals surface area contributed by atoms with Crippen molar-refractivity contribution in [2.45, 2.75) is 18.4 Å². The van der Waals surface area contributed by atoms with E-state index in [2.05, 4.69) is 9.88 Å². The molecule has 0 radical (unpaired) electrons. The minimum Gasteiger partial charge on any atom is -0.337 e. The number of nitrogens with zero attached hydrogens (tertiary/aromatic N) is 3. The van der Waals surface area contributed by atoms with Gasteiger partial charge in [0, 0.05) is 41.2 Å². The number of thioether (sulfide) groups is 1. The van der Waals surface area contributed by atoms with Crippen LogP contribution in [-0.4, -0.2) is 16.6 Å². The first-order valence-electron chi connectivity index (χ1n) is 7.64. The number of aromatic nitrogens is 2. The van der Waals surface area contributed by atoms with Gasteiger partial charge >= 0.3 is 0 Å². The molecule has 1 aliphatic heterocycles. The van der Waals surface area contributed by atoms with E-state index >= 15 is 0 Å². The van der Waals surface area contributed by atoms with Crippen molar-refractivity contribution < 1.29 is 0 Å². The molecule has 25 heavy (non-hydrogen) atoms. The molecule has 0 unspecified atom stereocenters. The summed E-state index contributed by atoms with van der Waals surface area (Å²) in [7, 11) is 1.99. The third-order valence-electron chi connectivity index (χ3n) is 3.92. The van der Waals surface area contributed by atoms with Crippen LogP contribution in [0.15, 0.2) is 39.5 Å². The minimum absolute atomic E-state index is 0.0450. The van der Waals surface area contributed by atoms with E-state index in [4.69, 9.17) is 11.6 Å². The molecule has 0 atom stereocenters. The number of thiazole rings is 2. The summed E-state index contributed by atoms with van der Waals surface area (Å²) in [6.45, 7) is 2.62. The predicted molar refractivity (Wildman–Crippen MR) is 108 cm³/mol. The lowest BCUT2D eigenvalue weighted by atomic mass is 10.3. The van der Waals surface area contributed by atoms with Crippen molar-refractivity contribution in [2.75, 3.05) is 11.9 Å². The first-order valence-corrected chi connectivity index (χ1v) is 10.5. The van der Waals surface area contributed by atoms with Crippen LogP contribution in [0.25, 0.3) is 11.1 Å². The standard InChI is InChI=1S/C17H14ClN3OS3/c1-3-21-14(9-13-19-6-7-23-13)25-15(16(21)22)17-20(2)11-5-4-10(18)8-12(11)24-17/h4-9H,3H2,1-2H3. The molecule has 1 aromatic carbocycles. The molecular weight excluding hydrogens is 394 g/mol. The third kappa shape index (κ3) is 2.95. The number of fused-ring (bicyclic) bond motifs is 1. The van der Waals surface area contributed by atoms with Crippen LogP contribution in [0.3, 0.4) is 0 Å². The van der Waals surface area contributed by atoms with Crippen LogP contribution in [-0.2, 0) is 6.54 Å². The molecule has 3 aromatic rings. The molecule has 128 valence electrons. The van der Waals surface area contributed by atoms with Gasteiger partial charge in [-0.3, -0.25) is 9.36 Å². The van der Waals surface area contributed by atoms with E-state index in [-0.39, 0.29) is 5.56 Å². The molecule has 0 fully saturated rings. The molecular formula is C17H14ClN3OS3. The van der Waals surface area contributed by atoms with Crippen LogP contribution in [0.4, 0.5) is 5.69 Å². The number of hydrogen-bond donors (Lipinski definition) is 0. The first kappa shape index (κ1) is 16.9. The van der Waals surface area contributed by atoms with Crippen molar-refractivity contribution in [1.29, 1.82) is 0 Å². The SMILES string of the molecule is CCn1c(=Cc2nccs2)sc(=C2Sc3cc(Cl)ccc3N2C)c1=O. The summed E-state index contributed by atoms with van der Waals surface area (Å²) < 4.78 is 3.48. The fourth-order valence-electron chi connectivity index (χ4n) is 2.71. The summed E-state index contributed by atoms with van der Waals surface area (Å²) in [5.74, 6) is 0. The molecule has 0 bridgehead atoms. The van der Waals surface area contributed by atoms with Gasteiger partial charge in [-0.2, -0.15) is 0 Å². The molecule has 0 saturated carbocycles. The Morgan fingerprint density at radius 2 is 2.20 bits per heavy atom. The second-order valence-corrected chi connectivity index (χ2v) is 8.84. The van der Waals surface area contributed by atoms with E-state index in [0.29, 0.717) is 11.6 Å². The lowest BCUT2D eigenvalue weighted by Gasteiger charge is -2.12. The lowest BCUT2D eigenvalue weighted by molar-refractivity contribution is 0.722. The van der Waals surface area contributed by atoms with Crippen LogP contribution in [0.1, 0.15) is 11.9 Å². The highest BCUT2D eigenvalue weighted by Crippen LogP contribution is 2.46. The third-order valence-corrected chi connectivity index (χ3v) is 7.34. The Morgan fingerprint density at radius 1 is 1.36 bits per heavy atom. The van der Waals surface area contributed by atoms with Crippen LogP contribution in [0.5, 0.6) is 0 Å². The van der Waals surface area contributed by atoms with E-state index in [1.807, 2.05) is 43.6 Å². The number of anilines is 1. The van der Waals surface area contributed by atoms with Crippen molar-refractivity contribution >= 4 is 62.8 Å². The van der Waals surface area contributed by atoms with Gasteiger partial charge in [0.05, 0.1) is 5.69 Å². The first-order chi connectivity index (χ1) is 12.1. The van der Waals surface area contributed by atoms with Gasteiger partial charge in [0.2, 0.25) is 0 Å². The molecule has 4 nitrogen and oxygen atoms in total. The van der Waals surface area contributed by atoms with Gasteiger partial charge < -0.3 is 4.90 Å². The van der Waals surface area contributed by atoms with Crippen molar-refractivity contribution in [1.82, 2.24) is 9.55 Å². The molecule has 1 aliphatic rings. The van der Waals surface area contributed by atoms with Crippen molar-refractivity contribution in [2.24, 2.45) is 0 Å². The summed E-state index contributed by atoms with van der Waals surface area (Å²) in [5, 5.41) is 4.50. The van der Waals surface area contributed by atoms with Crippen LogP contribution < -0.4 is 19.7 Å². The number of halogens is 1. The Morgan fingerprint density at radius 3 is 2.92 bits per heavy atom. The molecule has 0 N–H and O–H groups in total. The number of benzene rings is 1. The molecule has 4 rings (SSSR count). The van der Waals surface area contributed by atoms with Gasteiger partial charge in [-0.25, -0.2) is 4.98 Å². The second-order valence-electron chi connectivity index (χ2n) is 5.41. The Hall–Kier alpha value is -1.54. The zero-order valence-electron chi connectivity index (χ0n) is 13.5. The van der Waals surface area contributed by atoms with Crippen molar-refractivity contribution in [3.8, 4) is 0 Å². The fourth-order valence-corrected chi connectivity index (χ4v) is 6.07. The van der Waals surface area contributed by atoms with Crippen LogP contribution >= 0.6 is 46.0 Å². The average Bonchev–Trinajstić information content (AvgIpc) is 3.27. The molecule has 8 heteroatoms. The normalized spacial score (nSPS) is 16.6. The zero-order valence-corrected chi connectivity index (χ0v) is 16.7. The maximum absolute atomic E-state index is 12.9. The summed E-state index contributed by atoms with van der Waals surface area (Å²) in [5.41, 5.74) is 1.12. The van der Waals surface area contributed by atoms with E-state index < -0.39 is 0 Å². The minimum atomic E-state index is 0.0450. The van der Waals surface area contributed by atoms with Crippen LogP contribution in [0.2, 0.25) is 5.02 Å². The Bertz CT molecular complexity index is 1120. The summed E-state index contributed by atoms with van der Waals surface area (Å²) in [4.78, 5) is 20.4. The number of hydrogen-bond acceptors (Lipinski definition) is 6. The Labute approximate surface area is 161 Å². The molecule has 2 aromatic heterocycles.